The molecule has 7 heteroatoms. The van der Waals surface area contributed by atoms with Gasteiger partial charge in [0.2, 0.25) is 0 Å². The first-order chi connectivity index (χ1) is 11.9. The van der Waals surface area contributed by atoms with Gasteiger partial charge in [-0.25, -0.2) is 0 Å². The maximum Gasteiger partial charge on any atom is 1.00 e. The third-order valence-electron chi connectivity index (χ3n) is 3.92. The molecule has 0 radical (unpaired) electrons. The number of para-hydroxylation sites is 1. The predicted molar refractivity (Wildman–Crippen MR) is 94.7 cm³/mol. The Morgan fingerprint density at radius 2 is 1.69 bits per heavy atom. The van der Waals surface area contributed by atoms with Crippen molar-refractivity contribution < 1.29 is 52.4 Å². The molecule has 0 amide bonds. The van der Waals surface area contributed by atoms with Gasteiger partial charge in [0.15, 0.2) is 0 Å². The Morgan fingerprint density at radius 1 is 1.04 bits per heavy atom. The molecule has 0 aliphatic carbocycles. The number of hydrogen-bond donors (Lipinski definition) is 1. The summed E-state index contributed by atoms with van der Waals surface area (Å²) in [7, 11) is -4.41. The van der Waals surface area contributed by atoms with Crippen molar-refractivity contribution in [3.63, 3.8) is 0 Å². The molecule has 2 aromatic rings. The van der Waals surface area contributed by atoms with E-state index >= 15 is 0 Å². The summed E-state index contributed by atoms with van der Waals surface area (Å²) < 4.78 is 37.9. The van der Waals surface area contributed by atoms with Gasteiger partial charge >= 0.3 is 29.6 Å². The maximum atomic E-state index is 12.6. The third-order valence-corrected chi connectivity index (χ3v) is 4.76. The van der Waals surface area contributed by atoms with Crippen LogP contribution in [0.15, 0.2) is 47.4 Å². The number of benzene rings is 2. The molecule has 0 saturated heterocycles. The van der Waals surface area contributed by atoms with Gasteiger partial charge in [-0.1, -0.05) is 62.1 Å². The van der Waals surface area contributed by atoms with Crippen molar-refractivity contribution in [1.29, 1.82) is 0 Å². The van der Waals surface area contributed by atoms with Crippen molar-refractivity contribution in [3.05, 3.63) is 48.0 Å². The Morgan fingerprint density at radius 3 is 2.31 bits per heavy atom. The van der Waals surface area contributed by atoms with Gasteiger partial charge < -0.3 is 9.84 Å². The molecule has 0 heterocycles. The van der Waals surface area contributed by atoms with Crippen molar-refractivity contribution in [2.75, 3.05) is 0 Å². The Kier molecular flexibility index (Phi) is 9.68. The average molecular weight is 386 g/mol. The zero-order valence-corrected chi connectivity index (χ0v) is 18.1. The normalized spacial score (nSPS) is 11.0. The summed E-state index contributed by atoms with van der Waals surface area (Å²) in [5.74, 6) is -0.00221. The number of aryl methyl sites for hydroxylation is 1. The van der Waals surface area contributed by atoms with Crippen LogP contribution in [0, 0.1) is 0 Å². The second-order valence-electron chi connectivity index (χ2n) is 5.96. The molecule has 0 atom stereocenters. The number of rotatable bonds is 9. The van der Waals surface area contributed by atoms with Crippen LogP contribution in [0.3, 0.4) is 0 Å². The summed E-state index contributed by atoms with van der Waals surface area (Å²) in [6.07, 6.45) is 5.55. The van der Waals surface area contributed by atoms with Gasteiger partial charge in [-0.05, 0) is 31.0 Å². The minimum atomic E-state index is -4.41. The molecular formula is C19H23NaO5S. The second-order valence-corrected chi connectivity index (χ2v) is 7.39. The molecule has 26 heavy (non-hydrogen) atoms. The van der Waals surface area contributed by atoms with Crippen molar-refractivity contribution in [1.82, 2.24) is 0 Å². The van der Waals surface area contributed by atoms with E-state index in [1.807, 2.05) is 0 Å². The third kappa shape index (κ3) is 6.93. The first-order valence-corrected chi connectivity index (χ1v) is 9.90. The molecular weight excluding hydrogens is 363 g/mol. The molecule has 1 N–H and O–H groups in total. The molecule has 0 aliphatic heterocycles. The van der Waals surface area contributed by atoms with Crippen LogP contribution in [-0.2, 0) is 16.5 Å². The molecule has 136 valence electrons. The minimum Gasteiger partial charge on any atom is -0.870 e. The molecule has 0 saturated carbocycles. The van der Waals surface area contributed by atoms with Gasteiger partial charge in [0.05, 0.1) is 4.90 Å². The Balaban J connectivity index is 0.00000338. The first kappa shape index (κ1) is 23.0. The summed E-state index contributed by atoms with van der Waals surface area (Å²) in [4.78, 5) is -0.318. The second kappa shape index (κ2) is 10.9. The summed E-state index contributed by atoms with van der Waals surface area (Å²) in [5, 5.41) is 12.6. The van der Waals surface area contributed by atoms with Crippen molar-refractivity contribution >= 4 is 10.1 Å². The Bertz CT molecular complexity index is 791. The zero-order chi connectivity index (χ0) is 18.3. The van der Waals surface area contributed by atoms with E-state index in [1.165, 1.54) is 6.07 Å². The van der Waals surface area contributed by atoms with Crippen LogP contribution in [0.25, 0.3) is 0 Å². The SMILES string of the molecule is CCCCCCCc1cc(S(=O)(=O)O)cc(Oc2ccccc2)c1[O-].[Na+]. The fraction of sp³-hybridized carbons (Fsp3) is 0.368. The zero-order valence-electron chi connectivity index (χ0n) is 15.3. The van der Waals surface area contributed by atoms with E-state index < -0.39 is 10.1 Å². The van der Waals surface area contributed by atoms with E-state index in [9.17, 15) is 18.1 Å². The molecule has 0 bridgehead atoms. The molecule has 0 spiro atoms. The standard InChI is InChI=1S/C19H24O5S.Na/c1-2-3-4-5-7-10-15-13-17(25(21,22)23)14-18(19(15)20)24-16-11-8-6-9-12-16;/h6,8-9,11-14,20H,2-5,7,10H2,1H3,(H,21,22,23);/q;+1/p-1. The van der Waals surface area contributed by atoms with E-state index in [-0.39, 0.29) is 46.0 Å². The molecule has 0 aromatic heterocycles. The van der Waals surface area contributed by atoms with Gasteiger partial charge in [-0.3, -0.25) is 4.55 Å². The van der Waals surface area contributed by atoms with Crippen molar-refractivity contribution in [2.24, 2.45) is 0 Å². The molecule has 2 rings (SSSR count). The van der Waals surface area contributed by atoms with Crippen LogP contribution < -0.4 is 39.4 Å². The van der Waals surface area contributed by atoms with Crippen LogP contribution >= 0.6 is 0 Å². The molecule has 2 aromatic carbocycles. The number of ether oxygens (including phenoxy) is 1. The van der Waals surface area contributed by atoms with Crippen molar-refractivity contribution in [2.45, 2.75) is 50.3 Å². The average Bonchev–Trinajstić information content (AvgIpc) is 2.57. The van der Waals surface area contributed by atoms with Crippen molar-refractivity contribution in [3.8, 4) is 17.2 Å². The summed E-state index contributed by atoms with van der Waals surface area (Å²) in [6, 6.07) is 11.0. The van der Waals surface area contributed by atoms with Crippen LogP contribution in [0.2, 0.25) is 0 Å². The smallest absolute Gasteiger partial charge is 0.870 e. The maximum absolute atomic E-state index is 12.6. The van der Waals surface area contributed by atoms with E-state index in [0.29, 0.717) is 17.7 Å². The Hall–Kier alpha value is -1.05. The molecule has 0 aliphatic rings. The summed E-state index contributed by atoms with van der Waals surface area (Å²) in [5.41, 5.74) is 0.345. The summed E-state index contributed by atoms with van der Waals surface area (Å²) in [6.45, 7) is 2.12. The van der Waals surface area contributed by atoms with Crippen LogP contribution in [0.4, 0.5) is 0 Å². The van der Waals surface area contributed by atoms with Gasteiger partial charge in [-0.2, -0.15) is 8.42 Å². The number of hydrogen-bond acceptors (Lipinski definition) is 4. The first-order valence-electron chi connectivity index (χ1n) is 8.46. The van der Waals surface area contributed by atoms with E-state index in [2.05, 4.69) is 6.92 Å². The van der Waals surface area contributed by atoms with Crippen LogP contribution in [0.5, 0.6) is 17.2 Å². The molecule has 5 nitrogen and oxygen atoms in total. The number of unbranched alkanes of at least 4 members (excludes halogenated alkanes) is 4. The van der Waals surface area contributed by atoms with Gasteiger partial charge in [-0.15, -0.1) is 0 Å². The Labute approximate surface area is 177 Å². The van der Waals surface area contributed by atoms with Gasteiger partial charge in [0.1, 0.15) is 11.5 Å². The monoisotopic (exact) mass is 386 g/mol. The minimum absolute atomic E-state index is 0. The molecule has 0 fully saturated rings. The van der Waals surface area contributed by atoms with Crippen LogP contribution in [-0.4, -0.2) is 13.0 Å². The molecule has 0 unspecified atom stereocenters. The van der Waals surface area contributed by atoms with E-state index in [0.717, 1.165) is 38.2 Å². The quantitative estimate of drug-likeness (QED) is 0.399. The van der Waals surface area contributed by atoms with Gasteiger partial charge in [0, 0.05) is 6.07 Å². The summed E-state index contributed by atoms with van der Waals surface area (Å²) >= 11 is 0. The van der Waals surface area contributed by atoms with Crippen LogP contribution in [0.1, 0.15) is 44.6 Å². The van der Waals surface area contributed by atoms with E-state index in [1.54, 1.807) is 30.3 Å². The predicted octanol–water partition coefficient (Wildman–Crippen LogP) is 1.32. The largest absolute Gasteiger partial charge is 1.00 e. The fourth-order valence-electron chi connectivity index (χ4n) is 2.58. The fourth-order valence-corrected chi connectivity index (χ4v) is 3.12. The topological polar surface area (TPSA) is 86.7 Å². The van der Waals surface area contributed by atoms with E-state index in [4.69, 9.17) is 4.74 Å². The van der Waals surface area contributed by atoms with Gasteiger partial charge in [0.25, 0.3) is 10.1 Å².